The van der Waals surface area contributed by atoms with Gasteiger partial charge in [0, 0.05) is 21.7 Å². The number of nitrogens with zero attached hydrogens (tertiary/aromatic N) is 2. The third-order valence-corrected chi connectivity index (χ3v) is 6.20. The molecule has 3 N–H and O–H groups in total. The van der Waals surface area contributed by atoms with Crippen molar-refractivity contribution in [3.63, 3.8) is 0 Å². The number of anilines is 1. The number of amides is 1. The monoisotopic (exact) mass is 478 g/mol. The topological polar surface area (TPSA) is 101 Å². The third-order valence-electron chi connectivity index (χ3n) is 5.65. The number of carbonyl (C=O) groups is 1. The number of fused-ring (bicyclic) bond motifs is 1. The molecule has 0 spiro atoms. The van der Waals surface area contributed by atoms with Crippen molar-refractivity contribution in [1.29, 1.82) is 5.26 Å². The van der Waals surface area contributed by atoms with Gasteiger partial charge in [0.15, 0.2) is 0 Å². The quantitative estimate of drug-likeness (QED) is 0.457. The molecule has 1 aliphatic rings. The summed E-state index contributed by atoms with van der Waals surface area (Å²) in [5.41, 5.74) is 10.1. The molecule has 0 aliphatic carbocycles. The van der Waals surface area contributed by atoms with Crippen molar-refractivity contribution in [2.75, 3.05) is 5.32 Å². The second kappa shape index (κ2) is 8.78. The molecule has 6 nitrogen and oxygen atoms in total. The van der Waals surface area contributed by atoms with Gasteiger partial charge in [0.2, 0.25) is 5.88 Å². The minimum atomic E-state index is -0.847. The van der Waals surface area contributed by atoms with Crippen molar-refractivity contribution in [2.45, 2.75) is 26.7 Å². The van der Waals surface area contributed by atoms with E-state index in [0.717, 1.165) is 22.0 Å². The van der Waals surface area contributed by atoms with Crippen molar-refractivity contribution in [2.24, 2.45) is 5.73 Å². The molecule has 1 aromatic heterocycles. The third kappa shape index (κ3) is 4.13. The fourth-order valence-corrected chi connectivity index (χ4v) is 4.32. The van der Waals surface area contributed by atoms with Crippen molar-refractivity contribution in [1.82, 2.24) is 4.98 Å². The Balaban J connectivity index is 1.89. The Bertz CT molecular complexity index is 1400. The van der Waals surface area contributed by atoms with Crippen LogP contribution in [-0.4, -0.2) is 10.9 Å². The number of pyridine rings is 1. The maximum atomic E-state index is 13.4. The first-order valence-corrected chi connectivity index (χ1v) is 10.9. The Kier molecular flexibility index (Phi) is 6.03. The van der Waals surface area contributed by atoms with E-state index < -0.39 is 11.8 Å². The average Bonchev–Trinajstić information content (AvgIpc) is 2.77. The highest BCUT2D eigenvalue weighted by Gasteiger charge is 2.37. The molecular weight excluding hydrogens is 459 g/mol. The number of ether oxygens (including phenoxy) is 1. The molecule has 2 aromatic carbocycles. The summed E-state index contributed by atoms with van der Waals surface area (Å²) in [5, 5.41) is 14.4. The number of nitriles is 1. The molecule has 0 bridgehead atoms. The Morgan fingerprint density at radius 1 is 1.12 bits per heavy atom. The highest BCUT2D eigenvalue weighted by atomic mass is 35.5. The van der Waals surface area contributed by atoms with E-state index in [-0.39, 0.29) is 27.9 Å². The van der Waals surface area contributed by atoms with E-state index in [1.165, 1.54) is 0 Å². The number of nitrogens with one attached hydrogen (secondary N) is 1. The number of nitrogens with two attached hydrogens (primary N) is 1. The lowest BCUT2D eigenvalue weighted by molar-refractivity contribution is -0.113. The number of hydrogen-bond acceptors (Lipinski definition) is 5. The van der Waals surface area contributed by atoms with Gasteiger partial charge in [0.1, 0.15) is 22.6 Å². The van der Waals surface area contributed by atoms with E-state index in [1.54, 1.807) is 31.2 Å². The summed E-state index contributed by atoms with van der Waals surface area (Å²) in [7, 11) is 0. The Labute approximate surface area is 201 Å². The molecule has 33 heavy (non-hydrogen) atoms. The SMILES string of the molecule is CC1=C(C(=O)Nc2ccc(Cl)cc2)C(c2cc3c(C)ccc(C)c3nc2Cl)C(C#N)=C(N)O1. The van der Waals surface area contributed by atoms with Crippen molar-refractivity contribution in [3.05, 3.63) is 92.1 Å². The number of halogens is 2. The number of benzene rings is 2. The zero-order valence-electron chi connectivity index (χ0n) is 18.2. The van der Waals surface area contributed by atoms with E-state index in [0.29, 0.717) is 16.3 Å². The van der Waals surface area contributed by atoms with Crippen LogP contribution >= 0.6 is 23.2 Å². The number of aryl methyl sites for hydroxylation is 2. The minimum Gasteiger partial charge on any atom is -0.445 e. The molecular formula is C25H20Cl2N4O2. The van der Waals surface area contributed by atoms with Crippen LogP contribution in [0.3, 0.4) is 0 Å². The van der Waals surface area contributed by atoms with Gasteiger partial charge in [-0.05, 0) is 62.2 Å². The lowest BCUT2D eigenvalue weighted by Gasteiger charge is -2.28. The molecule has 1 unspecified atom stereocenters. The predicted molar refractivity (Wildman–Crippen MR) is 130 cm³/mol. The average molecular weight is 479 g/mol. The molecule has 0 saturated heterocycles. The second-order valence-corrected chi connectivity index (χ2v) is 8.61. The van der Waals surface area contributed by atoms with Crippen LogP contribution in [0.2, 0.25) is 10.2 Å². The fourth-order valence-electron chi connectivity index (χ4n) is 3.95. The highest BCUT2D eigenvalue weighted by molar-refractivity contribution is 6.31. The summed E-state index contributed by atoms with van der Waals surface area (Å²) in [4.78, 5) is 18.0. The highest BCUT2D eigenvalue weighted by Crippen LogP contribution is 2.43. The number of aromatic nitrogens is 1. The lowest BCUT2D eigenvalue weighted by Crippen LogP contribution is -2.28. The molecule has 1 aliphatic heterocycles. The summed E-state index contributed by atoms with van der Waals surface area (Å²) < 4.78 is 5.57. The molecule has 0 radical (unpaired) electrons. The molecule has 8 heteroatoms. The number of rotatable bonds is 3. The van der Waals surface area contributed by atoms with Gasteiger partial charge in [0.05, 0.1) is 17.0 Å². The summed E-state index contributed by atoms with van der Waals surface area (Å²) >= 11 is 12.6. The van der Waals surface area contributed by atoms with Gasteiger partial charge in [-0.3, -0.25) is 4.79 Å². The molecule has 166 valence electrons. The normalized spacial score (nSPS) is 15.9. The molecule has 1 amide bonds. The summed E-state index contributed by atoms with van der Waals surface area (Å²) in [6, 6.07) is 14.6. The zero-order valence-corrected chi connectivity index (χ0v) is 19.7. The zero-order chi connectivity index (χ0) is 23.9. The van der Waals surface area contributed by atoms with Crippen LogP contribution in [0.1, 0.15) is 29.5 Å². The summed E-state index contributed by atoms with van der Waals surface area (Å²) in [6.07, 6.45) is 0. The molecule has 2 heterocycles. The first-order valence-electron chi connectivity index (χ1n) is 10.1. The van der Waals surface area contributed by atoms with E-state index in [9.17, 15) is 10.1 Å². The van der Waals surface area contributed by atoms with Crippen LogP contribution in [0.4, 0.5) is 5.69 Å². The number of allylic oxidation sites excluding steroid dienone is 2. The molecule has 0 fully saturated rings. The van der Waals surface area contributed by atoms with Crippen molar-refractivity contribution >= 4 is 45.7 Å². The van der Waals surface area contributed by atoms with Gasteiger partial charge in [0.25, 0.3) is 5.91 Å². The Morgan fingerprint density at radius 2 is 1.79 bits per heavy atom. The lowest BCUT2D eigenvalue weighted by atomic mass is 9.82. The van der Waals surface area contributed by atoms with E-state index >= 15 is 0 Å². The Morgan fingerprint density at radius 3 is 2.45 bits per heavy atom. The van der Waals surface area contributed by atoms with Crippen LogP contribution in [0.15, 0.2) is 65.3 Å². The van der Waals surface area contributed by atoms with E-state index in [2.05, 4.69) is 16.4 Å². The van der Waals surface area contributed by atoms with Gasteiger partial charge in [-0.1, -0.05) is 35.3 Å². The largest absolute Gasteiger partial charge is 0.445 e. The van der Waals surface area contributed by atoms with Gasteiger partial charge >= 0.3 is 0 Å². The first kappa shape index (κ1) is 22.7. The first-order chi connectivity index (χ1) is 15.7. The molecule has 4 rings (SSSR count). The van der Waals surface area contributed by atoms with E-state index in [4.69, 9.17) is 33.7 Å². The van der Waals surface area contributed by atoms with Crippen LogP contribution in [0, 0.1) is 25.2 Å². The summed E-state index contributed by atoms with van der Waals surface area (Å²) in [5.74, 6) is -1.09. The van der Waals surface area contributed by atoms with Gasteiger partial charge in [-0.15, -0.1) is 0 Å². The van der Waals surface area contributed by atoms with E-state index in [1.807, 2.05) is 32.0 Å². The van der Waals surface area contributed by atoms with Crippen LogP contribution in [0.25, 0.3) is 10.9 Å². The van der Waals surface area contributed by atoms with Gasteiger partial charge < -0.3 is 15.8 Å². The predicted octanol–water partition coefficient (Wildman–Crippen LogP) is 5.88. The van der Waals surface area contributed by atoms with Crippen LogP contribution in [-0.2, 0) is 9.53 Å². The summed E-state index contributed by atoms with van der Waals surface area (Å²) in [6.45, 7) is 5.55. The van der Waals surface area contributed by atoms with Gasteiger partial charge in [-0.2, -0.15) is 5.26 Å². The standard InChI is InChI=1S/C25H20Cl2N4O2/c1-12-4-5-13(2)22-17(12)10-18(23(27)31-22)21-19(11-28)24(29)33-14(3)20(21)25(32)30-16-8-6-15(26)7-9-16/h4-10,21H,29H2,1-3H3,(H,30,32). The number of hydrogen-bond donors (Lipinski definition) is 2. The number of carbonyl (C=O) groups excluding carboxylic acids is 1. The fraction of sp³-hybridized carbons (Fsp3) is 0.160. The molecule has 1 atom stereocenters. The molecule has 3 aromatic rings. The second-order valence-electron chi connectivity index (χ2n) is 7.82. The molecule has 0 saturated carbocycles. The minimum absolute atomic E-state index is 0.0693. The van der Waals surface area contributed by atoms with Crippen LogP contribution in [0.5, 0.6) is 0 Å². The van der Waals surface area contributed by atoms with Crippen molar-refractivity contribution in [3.8, 4) is 6.07 Å². The van der Waals surface area contributed by atoms with Crippen molar-refractivity contribution < 1.29 is 9.53 Å². The maximum Gasteiger partial charge on any atom is 0.255 e. The smallest absolute Gasteiger partial charge is 0.255 e. The van der Waals surface area contributed by atoms with Crippen LogP contribution < -0.4 is 11.1 Å². The Hall–Kier alpha value is -3.53. The maximum absolute atomic E-state index is 13.4. The van der Waals surface area contributed by atoms with Gasteiger partial charge in [-0.25, -0.2) is 4.98 Å².